The molecular weight excluding hydrogens is 280 g/mol. The van der Waals surface area contributed by atoms with Gasteiger partial charge < -0.3 is 10.0 Å². The fourth-order valence-corrected chi connectivity index (χ4v) is 1.92. The van der Waals surface area contributed by atoms with E-state index < -0.39 is 0 Å². The molecule has 0 saturated heterocycles. The van der Waals surface area contributed by atoms with Crippen molar-refractivity contribution in [3.05, 3.63) is 46.7 Å². The van der Waals surface area contributed by atoms with Crippen molar-refractivity contribution in [3.63, 3.8) is 0 Å². The highest BCUT2D eigenvalue weighted by atomic mass is 35.5. The molecule has 0 aliphatic heterocycles. The van der Waals surface area contributed by atoms with Gasteiger partial charge in [0.2, 0.25) is 0 Å². The molecule has 1 aromatic heterocycles. The van der Waals surface area contributed by atoms with Gasteiger partial charge in [0, 0.05) is 18.6 Å². The Morgan fingerprint density at radius 3 is 2.90 bits per heavy atom. The molecule has 0 bridgehead atoms. The van der Waals surface area contributed by atoms with Crippen molar-refractivity contribution in [1.82, 2.24) is 19.9 Å². The summed E-state index contributed by atoms with van der Waals surface area (Å²) < 4.78 is 1.56. The maximum absolute atomic E-state index is 11.9. The van der Waals surface area contributed by atoms with Crippen LogP contribution < -0.4 is 0 Å². The molecule has 0 aliphatic rings. The van der Waals surface area contributed by atoms with Gasteiger partial charge >= 0.3 is 0 Å². The second-order valence-corrected chi connectivity index (χ2v) is 4.75. The molecule has 20 heavy (non-hydrogen) atoms. The van der Waals surface area contributed by atoms with Crippen molar-refractivity contribution in [2.75, 3.05) is 20.2 Å². The van der Waals surface area contributed by atoms with Crippen LogP contribution in [-0.4, -0.2) is 51.1 Å². The van der Waals surface area contributed by atoms with Crippen LogP contribution in [0.4, 0.5) is 0 Å². The molecule has 0 spiro atoms. The highest BCUT2D eigenvalue weighted by Crippen LogP contribution is 2.15. The van der Waals surface area contributed by atoms with Gasteiger partial charge in [-0.2, -0.15) is 0 Å². The van der Waals surface area contributed by atoms with Gasteiger partial charge in [-0.25, -0.2) is 4.68 Å². The van der Waals surface area contributed by atoms with E-state index in [2.05, 4.69) is 10.3 Å². The van der Waals surface area contributed by atoms with E-state index in [4.69, 9.17) is 16.7 Å². The van der Waals surface area contributed by atoms with Crippen LogP contribution in [0.25, 0.3) is 0 Å². The van der Waals surface area contributed by atoms with Crippen molar-refractivity contribution in [2.45, 2.75) is 6.54 Å². The maximum atomic E-state index is 11.9. The van der Waals surface area contributed by atoms with Gasteiger partial charge in [-0.05, 0) is 11.6 Å². The summed E-state index contributed by atoms with van der Waals surface area (Å²) >= 11 is 6.07. The van der Waals surface area contributed by atoms with Crippen molar-refractivity contribution in [2.24, 2.45) is 0 Å². The number of hydrogen-bond acceptors (Lipinski definition) is 4. The average molecular weight is 295 g/mol. The predicted octanol–water partition coefficient (Wildman–Crippen LogP) is 1.04. The van der Waals surface area contributed by atoms with Crippen molar-refractivity contribution in [3.8, 4) is 0 Å². The van der Waals surface area contributed by atoms with Crippen LogP contribution in [0, 0.1) is 0 Å². The summed E-state index contributed by atoms with van der Waals surface area (Å²) in [5.74, 6) is -0.274. The Morgan fingerprint density at radius 1 is 1.45 bits per heavy atom. The zero-order chi connectivity index (χ0) is 14.5. The minimum atomic E-state index is -0.274. The van der Waals surface area contributed by atoms with E-state index in [1.807, 2.05) is 18.2 Å². The number of benzene rings is 1. The summed E-state index contributed by atoms with van der Waals surface area (Å²) in [5, 5.41) is 17.2. The Balaban J connectivity index is 2.10. The third-order valence-electron chi connectivity index (χ3n) is 2.83. The highest BCUT2D eigenvalue weighted by Gasteiger charge is 2.15. The summed E-state index contributed by atoms with van der Waals surface area (Å²) in [5.41, 5.74) is 1.15. The summed E-state index contributed by atoms with van der Waals surface area (Å²) in [7, 11) is 1.60. The Morgan fingerprint density at radius 2 is 2.20 bits per heavy atom. The quantitative estimate of drug-likeness (QED) is 0.894. The lowest BCUT2D eigenvalue weighted by Crippen LogP contribution is -2.29. The minimum Gasteiger partial charge on any atom is -0.395 e. The minimum absolute atomic E-state index is 0.0873. The summed E-state index contributed by atoms with van der Waals surface area (Å²) in [6.45, 7) is 0.621. The van der Waals surface area contributed by atoms with Crippen molar-refractivity contribution >= 4 is 17.5 Å². The van der Waals surface area contributed by atoms with Crippen LogP contribution in [0.5, 0.6) is 0 Å². The number of carbonyl (C=O) groups is 1. The van der Waals surface area contributed by atoms with E-state index in [0.717, 1.165) is 5.56 Å². The maximum Gasteiger partial charge on any atom is 0.275 e. The van der Waals surface area contributed by atoms with Crippen LogP contribution in [0.15, 0.2) is 30.5 Å². The Bertz CT molecular complexity index is 600. The molecule has 0 aliphatic carbocycles. The number of halogens is 1. The topological polar surface area (TPSA) is 71.2 Å². The molecule has 0 atom stereocenters. The lowest BCUT2D eigenvalue weighted by molar-refractivity contribution is 0.0761. The zero-order valence-electron chi connectivity index (χ0n) is 11.0. The number of carbonyl (C=O) groups excluding carboxylic acids is 1. The van der Waals surface area contributed by atoms with Crippen LogP contribution >= 0.6 is 11.6 Å². The predicted molar refractivity (Wildman–Crippen MR) is 74.6 cm³/mol. The van der Waals surface area contributed by atoms with Crippen LogP contribution in [-0.2, 0) is 6.54 Å². The molecule has 106 valence electrons. The Labute approximate surface area is 121 Å². The molecule has 2 aromatic rings. The first kappa shape index (κ1) is 14.5. The van der Waals surface area contributed by atoms with Crippen molar-refractivity contribution in [1.29, 1.82) is 0 Å². The van der Waals surface area contributed by atoms with Crippen LogP contribution in [0.3, 0.4) is 0 Å². The van der Waals surface area contributed by atoms with Gasteiger partial charge in [-0.15, -0.1) is 5.10 Å². The number of aliphatic hydroxyl groups excluding tert-OH is 1. The van der Waals surface area contributed by atoms with E-state index >= 15 is 0 Å². The number of rotatable bonds is 5. The molecule has 1 heterocycles. The van der Waals surface area contributed by atoms with Crippen LogP contribution in [0.1, 0.15) is 16.1 Å². The molecule has 0 fully saturated rings. The van der Waals surface area contributed by atoms with Gasteiger partial charge in [-0.1, -0.05) is 35.0 Å². The number of aliphatic hydroxyl groups is 1. The molecular formula is C13H15ClN4O2. The summed E-state index contributed by atoms with van der Waals surface area (Å²) in [6.07, 6.45) is 1.57. The molecule has 0 saturated carbocycles. The van der Waals surface area contributed by atoms with E-state index in [1.165, 1.54) is 4.90 Å². The third-order valence-corrected chi connectivity index (χ3v) is 3.20. The molecule has 6 nitrogen and oxygen atoms in total. The SMILES string of the molecule is CN(CCO)C(=O)c1cn(Cc2ccccc2Cl)nn1. The van der Waals surface area contributed by atoms with Crippen molar-refractivity contribution < 1.29 is 9.90 Å². The zero-order valence-corrected chi connectivity index (χ0v) is 11.8. The number of likely N-dealkylation sites (N-methyl/N-ethyl adjacent to an activating group) is 1. The van der Waals surface area contributed by atoms with E-state index in [-0.39, 0.29) is 24.8 Å². The van der Waals surface area contributed by atoms with Gasteiger partial charge in [0.1, 0.15) is 0 Å². The summed E-state index contributed by atoms with van der Waals surface area (Å²) in [4.78, 5) is 13.3. The molecule has 1 amide bonds. The van der Waals surface area contributed by atoms with E-state index in [1.54, 1.807) is 24.0 Å². The highest BCUT2D eigenvalue weighted by molar-refractivity contribution is 6.31. The second-order valence-electron chi connectivity index (χ2n) is 4.34. The van der Waals surface area contributed by atoms with E-state index in [0.29, 0.717) is 11.6 Å². The monoisotopic (exact) mass is 294 g/mol. The Hall–Kier alpha value is -1.92. The third kappa shape index (κ3) is 3.34. The number of hydrogen-bond donors (Lipinski definition) is 1. The van der Waals surface area contributed by atoms with E-state index in [9.17, 15) is 4.79 Å². The smallest absolute Gasteiger partial charge is 0.275 e. The Kier molecular flexibility index (Phi) is 4.70. The number of aromatic nitrogens is 3. The molecule has 2 rings (SSSR count). The number of amides is 1. The lowest BCUT2D eigenvalue weighted by atomic mass is 10.2. The first-order chi connectivity index (χ1) is 9.61. The first-order valence-corrected chi connectivity index (χ1v) is 6.49. The van der Waals surface area contributed by atoms with Gasteiger partial charge in [-0.3, -0.25) is 4.79 Å². The van der Waals surface area contributed by atoms with Crippen LogP contribution in [0.2, 0.25) is 5.02 Å². The average Bonchev–Trinajstić information content (AvgIpc) is 2.89. The normalized spacial score (nSPS) is 10.6. The first-order valence-electron chi connectivity index (χ1n) is 6.11. The standard InChI is InChI=1S/C13H15ClN4O2/c1-17(6-7-19)13(20)12-9-18(16-15-12)8-10-4-2-3-5-11(10)14/h2-5,9,19H,6-8H2,1H3. The molecule has 0 unspecified atom stereocenters. The van der Waals surface area contributed by atoms with Gasteiger partial charge in [0.05, 0.1) is 19.3 Å². The molecule has 1 aromatic carbocycles. The molecule has 7 heteroatoms. The lowest BCUT2D eigenvalue weighted by Gasteiger charge is -2.12. The molecule has 0 radical (unpaired) electrons. The van der Waals surface area contributed by atoms with Gasteiger partial charge in [0.15, 0.2) is 5.69 Å². The van der Waals surface area contributed by atoms with Gasteiger partial charge in [0.25, 0.3) is 5.91 Å². The fourth-order valence-electron chi connectivity index (χ4n) is 1.72. The fraction of sp³-hybridized carbons (Fsp3) is 0.308. The number of nitrogens with zero attached hydrogens (tertiary/aromatic N) is 4. The summed E-state index contributed by atoms with van der Waals surface area (Å²) in [6, 6.07) is 7.43. The second kappa shape index (κ2) is 6.49. The largest absolute Gasteiger partial charge is 0.395 e. The molecule has 1 N–H and O–H groups in total.